The quantitative estimate of drug-likeness (QED) is 0.589. The minimum absolute atomic E-state index is 0.0219. The number of carbonyl (C=O) groups excluding carboxylic acids is 1. The van der Waals surface area contributed by atoms with Crippen LogP contribution in [0.15, 0.2) is 66.7 Å². The van der Waals surface area contributed by atoms with E-state index in [1.807, 2.05) is 48.5 Å². The number of amides is 1. The number of carbonyl (C=O) groups is 2. The van der Waals surface area contributed by atoms with Crippen molar-refractivity contribution < 1.29 is 28.9 Å². The van der Waals surface area contributed by atoms with E-state index in [1.54, 1.807) is 0 Å². The summed E-state index contributed by atoms with van der Waals surface area (Å²) in [6.45, 7) is 0.0239. The maximum atomic E-state index is 13.6. The summed E-state index contributed by atoms with van der Waals surface area (Å²) in [7, 11) is 0. The van der Waals surface area contributed by atoms with Crippen molar-refractivity contribution >= 4 is 12.1 Å². The molecule has 30 heavy (non-hydrogen) atoms. The summed E-state index contributed by atoms with van der Waals surface area (Å²) in [4.78, 5) is 23.9. The highest BCUT2D eigenvalue weighted by Gasteiger charge is 2.30. The van der Waals surface area contributed by atoms with Gasteiger partial charge in [-0.2, -0.15) is 0 Å². The van der Waals surface area contributed by atoms with Gasteiger partial charge in [-0.3, -0.25) is 0 Å². The molecule has 0 spiro atoms. The van der Waals surface area contributed by atoms with Crippen molar-refractivity contribution in [3.8, 4) is 16.9 Å². The SMILES string of the molecule is O=C(NC(C(=O)O)c1ccc(O)c(F)c1)OCC1c2ccccc2-c2ccccc21. The molecule has 3 aromatic carbocycles. The van der Waals surface area contributed by atoms with Gasteiger partial charge in [-0.1, -0.05) is 54.6 Å². The second-order valence-electron chi connectivity index (χ2n) is 6.95. The molecule has 0 bridgehead atoms. The first-order valence-corrected chi connectivity index (χ1v) is 9.28. The van der Waals surface area contributed by atoms with Crippen LogP contribution in [-0.2, 0) is 9.53 Å². The van der Waals surface area contributed by atoms with Crippen LogP contribution >= 0.6 is 0 Å². The molecule has 0 saturated heterocycles. The van der Waals surface area contributed by atoms with E-state index in [9.17, 15) is 24.2 Å². The number of alkyl carbamates (subject to hydrolysis) is 1. The molecule has 0 radical (unpaired) electrons. The number of aliphatic carboxylic acids is 1. The van der Waals surface area contributed by atoms with E-state index in [-0.39, 0.29) is 18.1 Å². The fourth-order valence-electron chi connectivity index (χ4n) is 3.75. The number of fused-ring (bicyclic) bond motifs is 3. The zero-order chi connectivity index (χ0) is 21.3. The number of hydrogen-bond donors (Lipinski definition) is 3. The Morgan fingerprint density at radius 1 is 1.00 bits per heavy atom. The maximum Gasteiger partial charge on any atom is 0.408 e. The molecule has 3 aromatic rings. The molecule has 4 rings (SSSR count). The topological polar surface area (TPSA) is 95.9 Å². The molecular formula is C23H18FNO5. The van der Waals surface area contributed by atoms with Crippen molar-refractivity contribution in [2.45, 2.75) is 12.0 Å². The molecule has 1 amide bonds. The lowest BCUT2D eigenvalue weighted by Crippen LogP contribution is -2.34. The van der Waals surface area contributed by atoms with Crippen molar-refractivity contribution in [3.05, 3.63) is 89.2 Å². The van der Waals surface area contributed by atoms with E-state index in [0.29, 0.717) is 0 Å². The summed E-state index contributed by atoms with van der Waals surface area (Å²) >= 11 is 0. The zero-order valence-corrected chi connectivity index (χ0v) is 15.7. The molecule has 0 heterocycles. The number of ether oxygens (including phenoxy) is 1. The van der Waals surface area contributed by atoms with Crippen molar-refractivity contribution in [2.75, 3.05) is 6.61 Å². The van der Waals surface area contributed by atoms with Crippen LogP contribution in [0.4, 0.5) is 9.18 Å². The average molecular weight is 407 g/mol. The molecule has 6 nitrogen and oxygen atoms in total. The van der Waals surface area contributed by atoms with Crippen LogP contribution in [0.25, 0.3) is 11.1 Å². The second kappa shape index (κ2) is 7.87. The standard InChI is InChI=1S/C23H18FNO5/c24-19-11-13(9-10-20(19)26)21(22(27)28)25-23(29)30-12-18-16-7-3-1-5-14(16)15-6-2-4-8-17(15)18/h1-11,18,21,26H,12H2,(H,25,29)(H,27,28). The minimum atomic E-state index is -1.52. The van der Waals surface area contributed by atoms with Crippen molar-refractivity contribution in [2.24, 2.45) is 0 Å². The van der Waals surface area contributed by atoms with Crippen LogP contribution in [0.5, 0.6) is 5.75 Å². The fourth-order valence-corrected chi connectivity index (χ4v) is 3.75. The number of phenols is 1. The molecule has 152 valence electrons. The molecule has 0 saturated carbocycles. The third-order valence-corrected chi connectivity index (χ3v) is 5.16. The van der Waals surface area contributed by atoms with E-state index in [1.165, 1.54) is 6.07 Å². The van der Waals surface area contributed by atoms with Crippen LogP contribution in [-0.4, -0.2) is 28.9 Å². The lowest BCUT2D eigenvalue weighted by Gasteiger charge is -2.18. The van der Waals surface area contributed by atoms with Gasteiger partial charge in [0.25, 0.3) is 0 Å². The summed E-state index contributed by atoms with van der Waals surface area (Å²) in [5, 5.41) is 20.9. The predicted octanol–water partition coefficient (Wildman–Crippen LogP) is 4.20. The molecule has 3 N–H and O–H groups in total. The van der Waals surface area contributed by atoms with Crippen LogP contribution < -0.4 is 5.32 Å². The van der Waals surface area contributed by atoms with Crippen LogP contribution in [0.1, 0.15) is 28.7 Å². The summed E-state index contributed by atoms with van der Waals surface area (Å²) in [6, 6.07) is 17.3. The Morgan fingerprint density at radius 2 is 1.60 bits per heavy atom. The highest BCUT2D eigenvalue weighted by molar-refractivity contribution is 5.82. The van der Waals surface area contributed by atoms with Crippen molar-refractivity contribution in [1.82, 2.24) is 5.32 Å². The second-order valence-corrected chi connectivity index (χ2v) is 6.95. The largest absolute Gasteiger partial charge is 0.505 e. The van der Waals surface area contributed by atoms with Gasteiger partial charge < -0.3 is 20.3 Å². The number of halogens is 1. The summed E-state index contributed by atoms with van der Waals surface area (Å²) in [5.41, 5.74) is 4.19. The fraction of sp³-hybridized carbons (Fsp3) is 0.130. The van der Waals surface area contributed by atoms with Crippen molar-refractivity contribution in [1.29, 1.82) is 0 Å². The first-order chi connectivity index (χ1) is 14.5. The zero-order valence-electron chi connectivity index (χ0n) is 15.7. The van der Waals surface area contributed by atoms with E-state index >= 15 is 0 Å². The van der Waals surface area contributed by atoms with Crippen LogP contribution in [0.3, 0.4) is 0 Å². The first-order valence-electron chi connectivity index (χ1n) is 9.28. The van der Waals surface area contributed by atoms with Crippen LogP contribution in [0, 0.1) is 5.82 Å². The molecule has 0 aromatic heterocycles. The number of hydrogen-bond acceptors (Lipinski definition) is 4. The lowest BCUT2D eigenvalue weighted by molar-refractivity contribution is -0.139. The Morgan fingerprint density at radius 3 is 2.17 bits per heavy atom. The maximum absolute atomic E-state index is 13.6. The average Bonchev–Trinajstić information content (AvgIpc) is 3.06. The van der Waals surface area contributed by atoms with Gasteiger partial charge in [0.2, 0.25) is 0 Å². The van der Waals surface area contributed by atoms with Gasteiger partial charge in [-0.25, -0.2) is 14.0 Å². The van der Waals surface area contributed by atoms with Gasteiger partial charge >= 0.3 is 12.1 Å². The van der Waals surface area contributed by atoms with Crippen LogP contribution in [0.2, 0.25) is 0 Å². The van der Waals surface area contributed by atoms with Gasteiger partial charge in [0, 0.05) is 5.92 Å². The van der Waals surface area contributed by atoms with E-state index in [4.69, 9.17) is 4.74 Å². The number of nitrogens with one attached hydrogen (secondary N) is 1. The molecule has 0 fully saturated rings. The Kier molecular flexibility index (Phi) is 5.10. The van der Waals surface area contributed by atoms with Gasteiger partial charge in [-0.05, 0) is 39.9 Å². The monoisotopic (exact) mass is 407 g/mol. The minimum Gasteiger partial charge on any atom is -0.505 e. The lowest BCUT2D eigenvalue weighted by atomic mass is 9.98. The Bertz CT molecular complexity index is 1080. The van der Waals surface area contributed by atoms with Crippen molar-refractivity contribution in [3.63, 3.8) is 0 Å². The predicted molar refractivity (Wildman–Crippen MR) is 107 cm³/mol. The number of rotatable bonds is 5. The molecule has 1 unspecified atom stereocenters. The third kappa shape index (κ3) is 3.57. The number of aromatic hydroxyl groups is 1. The Hall–Kier alpha value is -3.87. The van der Waals surface area contributed by atoms with Gasteiger partial charge in [0.15, 0.2) is 17.6 Å². The van der Waals surface area contributed by atoms with Gasteiger partial charge in [0.05, 0.1) is 0 Å². The molecule has 1 atom stereocenters. The molecule has 1 aliphatic rings. The molecule has 1 aliphatic carbocycles. The Labute approximate surface area is 171 Å². The summed E-state index contributed by atoms with van der Waals surface area (Å²) in [5.74, 6) is -3.14. The third-order valence-electron chi connectivity index (χ3n) is 5.16. The molecule has 0 aliphatic heterocycles. The molecule has 7 heteroatoms. The number of phenolic OH excluding ortho intramolecular Hbond substituents is 1. The first kappa shape index (κ1) is 19.4. The van der Waals surface area contributed by atoms with E-state index < -0.39 is 29.7 Å². The highest BCUT2D eigenvalue weighted by atomic mass is 19.1. The number of benzene rings is 3. The van der Waals surface area contributed by atoms with E-state index in [0.717, 1.165) is 34.4 Å². The highest BCUT2D eigenvalue weighted by Crippen LogP contribution is 2.44. The van der Waals surface area contributed by atoms with Gasteiger partial charge in [-0.15, -0.1) is 0 Å². The normalized spacial score (nSPS) is 13.2. The van der Waals surface area contributed by atoms with Gasteiger partial charge in [0.1, 0.15) is 6.61 Å². The Balaban J connectivity index is 1.49. The van der Waals surface area contributed by atoms with E-state index in [2.05, 4.69) is 5.32 Å². The molecular weight excluding hydrogens is 389 g/mol. The smallest absolute Gasteiger partial charge is 0.408 e. The number of carboxylic acids is 1. The number of carboxylic acid groups (broad SMARTS) is 1. The summed E-state index contributed by atoms with van der Waals surface area (Å²) < 4.78 is 18.9. The summed E-state index contributed by atoms with van der Waals surface area (Å²) in [6.07, 6.45) is -0.933.